The summed E-state index contributed by atoms with van der Waals surface area (Å²) in [6, 6.07) is -0.0406. The highest BCUT2D eigenvalue weighted by molar-refractivity contribution is 7.09. The van der Waals surface area contributed by atoms with E-state index in [0.29, 0.717) is 6.54 Å². The van der Waals surface area contributed by atoms with Crippen LogP contribution < -0.4 is 5.32 Å². The van der Waals surface area contributed by atoms with Gasteiger partial charge in [-0.05, 0) is 20.4 Å². The Labute approximate surface area is 131 Å². The molecule has 1 aromatic rings. The van der Waals surface area contributed by atoms with Crippen molar-refractivity contribution in [3.63, 3.8) is 0 Å². The van der Waals surface area contributed by atoms with E-state index < -0.39 is 0 Å². The second-order valence-electron chi connectivity index (χ2n) is 5.64. The fourth-order valence-electron chi connectivity index (χ4n) is 2.44. The first-order chi connectivity index (χ1) is 10.1. The second-order valence-corrected chi connectivity index (χ2v) is 6.59. The van der Waals surface area contributed by atoms with Crippen LogP contribution in [0, 0.1) is 0 Å². The molecule has 0 bridgehead atoms. The predicted molar refractivity (Wildman–Crippen MR) is 86.7 cm³/mol. The Morgan fingerprint density at radius 1 is 1.43 bits per heavy atom. The molecule has 6 heteroatoms. The van der Waals surface area contributed by atoms with Crippen LogP contribution in [0.5, 0.6) is 0 Å². The van der Waals surface area contributed by atoms with Gasteiger partial charge in [0, 0.05) is 44.5 Å². The third kappa shape index (κ3) is 4.76. The molecule has 1 amide bonds. The molecule has 1 N–H and O–H groups in total. The molecule has 0 unspecified atom stereocenters. The molecule has 0 aromatic carbocycles. The highest BCUT2D eigenvalue weighted by Crippen LogP contribution is 2.10. The Kier molecular flexibility index (Phi) is 6.14. The fourth-order valence-corrected chi connectivity index (χ4v) is 3.32. The standard InChI is InChI=1S/C15H26N4OS/c1-4-13-11-21-14(17-13)5-6-16-15(20)12(2)19-9-7-18(3)8-10-19/h11-12H,4-10H2,1-3H3,(H,16,20)/t12-/m1/s1. The molecule has 0 radical (unpaired) electrons. The molecule has 21 heavy (non-hydrogen) atoms. The molecule has 118 valence electrons. The summed E-state index contributed by atoms with van der Waals surface area (Å²) in [6.45, 7) is 8.80. The first-order valence-electron chi connectivity index (χ1n) is 7.73. The number of nitrogens with zero attached hydrogens (tertiary/aromatic N) is 3. The molecule has 1 aliphatic rings. The Balaban J connectivity index is 1.71. The Morgan fingerprint density at radius 2 is 2.14 bits per heavy atom. The van der Waals surface area contributed by atoms with Crippen LogP contribution in [0.4, 0.5) is 0 Å². The quantitative estimate of drug-likeness (QED) is 0.852. The normalized spacial score (nSPS) is 18.6. The third-order valence-corrected chi connectivity index (χ3v) is 5.02. The van der Waals surface area contributed by atoms with E-state index in [9.17, 15) is 4.79 Å². The molecular formula is C15H26N4OS. The molecule has 1 aromatic heterocycles. The summed E-state index contributed by atoms with van der Waals surface area (Å²) in [5.74, 6) is 0.131. The van der Waals surface area contributed by atoms with Crippen LogP contribution in [0.1, 0.15) is 24.5 Å². The monoisotopic (exact) mass is 310 g/mol. The molecule has 2 rings (SSSR count). The number of hydrogen-bond acceptors (Lipinski definition) is 5. The van der Waals surface area contributed by atoms with Crippen molar-refractivity contribution in [1.82, 2.24) is 20.1 Å². The number of aromatic nitrogens is 1. The number of carbonyl (C=O) groups excluding carboxylic acids is 1. The van der Waals surface area contributed by atoms with E-state index in [4.69, 9.17) is 0 Å². The Bertz CT molecular complexity index is 454. The van der Waals surface area contributed by atoms with Gasteiger partial charge in [0.05, 0.1) is 16.7 Å². The minimum atomic E-state index is -0.0406. The maximum Gasteiger partial charge on any atom is 0.237 e. The van der Waals surface area contributed by atoms with Gasteiger partial charge in [-0.1, -0.05) is 6.92 Å². The zero-order valence-corrected chi connectivity index (χ0v) is 14.1. The first-order valence-corrected chi connectivity index (χ1v) is 8.61. The lowest BCUT2D eigenvalue weighted by Crippen LogP contribution is -2.53. The topological polar surface area (TPSA) is 48.5 Å². The fraction of sp³-hybridized carbons (Fsp3) is 0.733. The maximum absolute atomic E-state index is 12.2. The van der Waals surface area contributed by atoms with Crippen molar-refractivity contribution in [2.75, 3.05) is 39.8 Å². The largest absolute Gasteiger partial charge is 0.354 e. The van der Waals surface area contributed by atoms with Crippen molar-refractivity contribution in [2.24, 2.45) is 0 Å². The van der Waals surface area contributed by atoms with Gasteiger partial charge in [-0.25, -0.2) is 4.98 Å². The number of nitrogens with one attached hydrogen (secondary N) is 1. The number of carbonyl (C=O) groups is 1. The van der Waals surface area contributed by atoms with E-state index in [1.807, 2.05) is 6.92 Å². The number of thiazole rings is 1. The van der Waals surface area contributed by atoms with E-state index in [2.05, 4.69) is 39.5 Å². The molecule has 2 heterocycles. The summed E-state index contributed by atoms with van der Waals surface area (Å²) in [4.78, 5) is 21.3. The molecule has 0 spiro atoms. The Morgan fingerprint density at radius 3 is 2.76 bits per heavy atom. The summed E-state index contributed by atoms with van der Waals surface area (Å²) in [5.41, 5.74) is 1.15. The van der Waals surface area contributed by atoms with Crippen LogP contribution in [0.3, 0.4) is 0 Å². The van der Waals surface area contributed by atoms with Crippen molar-refractivity contribution < 1.29 is 4.79 Å². The van der Waals surface area contributed by atoms with Gasteiger partial charge in [0.25, 0.3) is 0 Å². The van der Waals surface area contributed by atoms with Crippen LogP contribution in [-0.2, 0) is 17.6 Å². The number of hydrogen-bond donors (Lipinski definition) is 1. The third-order valence-electron chi connectivity index (χ3n) is 4.06. The first kappa shape index (κ1) is 16.4. The van der Waals surface area contributed by atoms with E-state index in [0.717, 1.165) is 49.7 Å². The molecule has 0 saturated carbocycles. The van der Waals surface area contributed by atoms with Gasteiger partial charge in [-0.15, -0.1) is 11.3 Å². The highest BCUT2D eigenvalue weighted by Gasteiger charge is 2.23. The van der Waals surface area contributed by atoms with E-state index >= 15 is 0 Å². The van der Waals surface area contributed by atoms with Crippen LogP contribution >= 0.6 is 11.3 Å². The molecule has 1 fully saturated rings. The van der Waals surface area contributed by atoms with Gasteiger partial charge in [0.1, 0.15) is 0 Å². The van der Waals surface area contributed by atoms with Gasteiger partial charge >= 0.3 is 0 Å². The van der Waals surface area contributed by atoms with Crippen molar-refractivity contribution >= 4 is 17.2 Å². The van der Waals surface area contributed by atoms with Gasteiger partial charge < -0.3 is 10.2 Å². The molecule has 1 saturated heterocycles. The number of amides is 1. The van der Waals surface area contributed by atoms with E-state index in [1.165, 1.54) is 0 Å². The zero-order valence-electron chi connectivity index (χ0n) is 13.3. The molecule has 0 aliphatic carbocycles. The molecule has 5 nitrogen and oxygen atoms in total. The number of piperazine rings is 1. The zero-order chi connectivity index (χ0) is 15.2. The maximum atomic E-state index is 12.2. The average molecular weight is 310 g/mol. The van der Waals surface area contributed by atoms with Crippen LogP contribution in [0.15, 0.2) is 5.38 Å². The van der Waals surface area contributed by atoms with Gasteiger partial charge in [0.15, 0.2) is 0 Å². The summed E-state index contributed by atoms with van der Waals surface area (Å²) in [5, 5.41) is 6.25. The number of aryl methyl sites for hydroxylation is 1. The lowest BCUT2D eigenvalue weighted by molar-refractivity contribution is -0.126. The van der Waals surface area contributed by atoms with Gasteiger partial charge in [0.2, 0.25) is 5.91 Å². The minimum Gasteiger partial charge on any atom is -0.354 e. The van der Waals surface area contributed by atoms with Crippen molar-refractivity contribution in [1.29, 1.82) is 0 Å². The summed E-state index contributed by atoms with van der Waals surface area (Å²) in [7, 11) is 2.13. The van der Waals surface area contributed by atoms with Crippen LogP contribution in [-0.4, -0.2) is 66.5 Å². The number of rotatable bonds is 6. The van der Waals surface area contributed by atoms with Crippen LogP contribution in [0.2, 0.25) is 0 Å². The minimum absolute atomic E-state index is 0.0406. The van der Waals surface area contributed by atoms with Gasteiger partial charge in [-0.2, -0.15) is 0 Å². The Hall–Kier alpha value is -0.980. The van der Waals surface area contributed by atoms with Crippen molar-refractivity contribution in [2.45, 2.75) is 32.7 Å². The predicted octanol–water partition coefficient (Wildman–Crippen LogP) is 1.00. The molecule has 1 atom stereocenters. The van der Waals surface area contributed by atoms with E-state index in [1.54, 1.807) is 11.3 Å². The lowest BCUT2D eigenvalue weighted by atomic mass is 10.2. The molecule has 1 aliphatic heterocycles. The van der Waals surface area contributed by atoms with Crippen molar-refractivity contribution in [3.05, 3.63) is 16.1 Å². The summed E-state index contributed by atoms with van der Waals surface area (Å²) in [6.07, 6.45) is 1.80. The molecular weight excluding hydrogens is 284 g/mol. The SMILES string of the molecule is CCc1csc(CCNC(=O)[C@@H](C)N2CCN(C)CC2)n1. The smallest absolute Gasteiger partial charge is 0.237 e. The second kappa shape index (κ2) is 7.87. The summed E-state index contributed by atoms with van der Waals surface area (Å²) < 4.78 is 0. The van der Waals surface area contributed by atoms with E-state index in [-0.39, 0.29) is 11.9 Å². The highest BCUT2D eigenvalue weighted by atomic mass is 32.1. The summed E-state index contributed by atoms with van der Waals surface area (Å²) >= 11 is 1.68. The number of likely N-dealkylation sites (N-methyl/N-ethyl adjacent to an activating group) is 1. The lowest BCUT2D eigenvalue weighted by Gasteiger charge is -2.35. The van der Waals surface area contributed by atoms with Gasteiger partial charge in [-0.3, -0.25) is 9.69 Å². The van der Waals surface area contributed by atoms with Crippen molar-refractivity contribution in [3.8, 4) is 0 Å². The average Bonchev–Trinajstić information content (AvgIpc) is 2.95. The van der Waals surface area contributed by atoms with Crippen LogP contribution in [0.25, 0.3) is 0 Å².